The first kappa shape index (κ1) is 22.3. The van der Waals surface area contributed by atoms with E-state index in [0.29, 0.717) is 5.82 Å². The molecule has 0 spiro atoms. The highest BCUT2D eigenvalue weighted by atomic mass is 32.1. The smallest absolute Gasteiger partial charge is 0.243 e. The van der Waals surface area contributed by atoms with E-state index in [4.69, 9.17) is 9.72 Å². The number of thiophene rings is 1. The third kappa shape index (κ3) is 4.73. The highest BCUT2D eigenvalue weighted by molar-refractivity contribution is 7.17. The van der Waals surface area contributed by atoms with Crippen molar-refractivity contribution in [2.75, 3.05) is 55.0 Å². The van der Waals surface area contributed by atoms with E-state index in [1.807, 2.05) is 61.3 Å². The van der Waals surface area contributed by atoms with Gasteiger partial charge in [-0.3, -0.25) is 4.79 Å². The predicted octanol–water partition coefficient (Wildman–Crippen LogP) is 4.58. The molecule has 2 aromatic heterocycles. The number of benzene rings is 2. The van der Waals surface area contributed by atoms with E-state index in [9.17, 15) is 4.79 Å². The maximum atomic E-state index is 12.9. The van der Waals surface area contributed by atoms with Crippen LogP contribution in [0, 0.1) is 6.92 Å². The number of aromatic nitrogens is 2. The third-order valence-corrected chi connectivity index (χ3v) is 6.75. The minimum atomic E-state index is -0.0949. The average Bonchev–Trinajstić information content (AvgIpc) is 3.28. The number of fused-ring (bicyclic) bond motifs is 1. The van der Waals surface area contributed by atoms with Crippen LogP contribution in [0.4, 0.5) is 17.2 Å². The first-order valence-corrected chi connectivity index (χ1v) is 12.2. The van der Waals surface area contributed by atoms with E-state index in [-0.39, 0.29) is 12.5 Å². The summed E-state index contributed by atoms with van der Waals surface area (Å²) in [5.41, 5.74) is 4.12. The molecule has 4 aromatic rings. The first-order valence-electron chi connectivity index (χ1n) is 11.3. The Hall–Kier alpha value is -3.49. The van der Waals surface area contributed by atoms with Gasteiger partial charge in [-0.1, -0.05) is 30.3 Å². The zero-order valence-electron chi connectivity index (χ0n) is 19.3. The molecular weight excluding hydrogens is 446 g/mol. The van der Waals surface area contributed by atoms with Crippen molar-refractivity contribution in [2.24, 2.45) is 0 Å². The normalized spacial score (nSPS) is 13.8. The molecule has 1 N–H and O–H groups in total. The van der Waals surface area contributed by atoms with Gasteiger partial charge in [-0.25, -0.2) is 9.97 Å². The summed E-state index contributed by atoms with van der Waals surface area (Å²) in [7, 11) is 1.90. The predicted molar refractivity (Wildman–Crippen MR) is 139 cm³/mol. The average molecular weight is 474 g/mol. The van der Waals surface area contributed by atoms with Crippen LogP contribution >= 0.6 is 11.3 Å². The molecule has 2 aromatic carbocycles. The highest BCUT2D eigenvalue weighted by Crippen LogP contribution is 2.38. The first-order chi connectivity index (χ1) is 16.6. The Morgan fingerprint density at radius 2 is 1.82 bits per heavy atom. The number of nitrogens with zero attached hydrogens (tertiary/aromatic N) is 4. The molecule has 1 aliphatic rings. The van der Waals surface area contributed by atoms with E-state index < -0.39 is 0 Å². The van der Waals surface area contributed by atoms with Gasteiger partial charge in [-0.2, -0.15) is 0 Å². The van der Waals surface area contributed by atoms with Crippen LogP contribution in [-0.2, 0) is 9.53 Å². The summed E-state index contributed by atoms with van der Waals surface area (Å²) in [6.45, 7) is 5.33. The number of nitrogens with one attached hydrogen (secondary N) is 1. The highest BCUT2D eigenvalue weighted by Gasteiger charge is 2.19. The van der Waals surface area contributed by atoms with Gasteiger partial charge < -0.3 is 19.9 Å². The maximum Gasteiger partial charge on any atom is 0.243 e. The quantitative estimate of drug-likeness (QED) is 0.442. The second-order valence-corrected chi connectivity index (χ2v) is 9.20. The molecule has 0 aliphatic carbocycles. The van der Waals surface area contributed by atoms with Crippen LogP contribution in [0.5, 0.6) is 0 Å². The van der Waals surface area contributed by atoms with E-state index in [1.165, 1.54) is 0 Å². The van der Waals surface area contributed by atoms with Gasteiger partial charge in [0.15, 0.2) is 0 Å². The fraction of sp³-hybridized carbons (Fsp3) is 0.269. The van der Waals surface area contributed by atoms with Crippen LogP contribution in [0.2, 0.25) is 0 Å². The number of amides is 1. The molecular formula is C26H27N5O2S. The van der Waals surface area contributed by atoms with Crippen LogP contribution in [0.3, 0.4) is 0 Å². The number of hydrogen-bond acceptors (Lipinski definition) is 7. The second kappa shape index (κ2) is 9.79. The van der Waals surface area contributed by atoms with E-state index in [0.717, 1.165) is 64.8 Å². The Balaban J connectivity index is 1.33. The van der Waals surface area contributed by atoms with Gasteiger partial charge in [0, 0.05) is 42.5 Å². The molecule has 0 radical (unpaired) electrons. The second-order valence-electron chi connectivity index (χ2n) is 8.34. The Morgan fingerprint density at radius 3 is 2.56 bits per heavy atom. The van der Waals surface area contributed by atoms with Gasteiger partial charge in [-0.15, -0.1) is 11.3 Å². The lowest BCUT2D eigenvalue weighted by Gasteiger charge is -2.29. The summed E-state index contributed by atoms with van der Waals surface area (Å²) in [5.74, 6) is 1.36. The summed E-state index contributed by atoms with van der Waals surface area (Å²) in [4.78, 5) is 27.3. The van der Waals surface area contributed by atoms with Crippen LogP contribution in [0.1, 0.15) is 5.82 Å². The number of ether oxygens (including phenoxy) is 1. The van der Waals surface area contributed by atoms with Crippen LogP contribution < -0.4 is 15.1 Å². The Morgan fingerprint density at radius 1 is 1.09 bits per heavy atom. The van der Waals surface area contributed by atoms with Crippen molar-refractivity contribution < 1.29 is 9.53 Å². The lowest BCUT2D eigenvalue weighted by Crippen LogP contribution is -2.36. The molecule has 0 unspecified atom stereocenters. The number of morpholine rings is 1. The molecule has 0 atom stereocenters. The number of carbonyl (C=O) groups excluding carboxylic acids is 1. The number of likely N-dealkylation sites (N-methyl/N-ethyl adjacent to an activating group) is 1. The third-order valence-electron chi connectivity index (χ3n) is 5.88. The van der Waals surface area contributed by atoms with Crippen molar-refractivity contribution in [1.82, 2.24) is 9.97 Å². The lowest BCUT2D eigenvalue weighted by atomic mass is 10.1. The molecule has 1 saturated heterocycles. The van der Waals surface area contributed by atoms with E-state index >= 15 is 0 Å². The van der Waals surface area contributed by atoms with Crippen molar-refractivity contribution in [3.63, 3.8) is 0 Å². The van der Waals surface area contributed by atoms with Crippen LogP contribution in [0.15, 0.2) is 60.0 Å². The van der Waals surface area contributed by atoms with Crippen molar-refractivity contribution >= 4 is 44.7 Å². The minimum absolute atomic E-state index is 0.0949. The van der Waals surface area contributed by atoms with Gasteiger partial charge in [0.05, 0.1) is 25.1 Å². The van der Waals surface area contributed by atoms with Crippen LogP contribution in [0.25, 0.3) is 21.3 Å². The summed E-state index contributed by atoms with van der Waals surface area (Å²) in [5, 5.41) is 6.10. The fourth-order valence-corrected chi connectivity index (χ4v) is 5.19. The summed E-state index contributed by atoms with van der Waals surface area (Å²) < 4.78 is 5.42. The molecule has 1 amide bonds. The lowest BCUT2D eigenvalue weighted by molar-refractivity contribution is -0.114. The fourth-order valence-electron chi connectivity index (χ4n) is 4.20. The molecule has 0 bridgehead atoms. The molecule has 8 heteroatoms. The molecule has 34 heavy (non-hydrogen) atoms. The monoisotopic (exact) mass is 473 g/mol. The van der Waals surface area contributed by atoms with Crippen LogP contribution in [-0.4, -0.2) is 55.8 Å². The number of anilines is 3. The van der Waals surface area contributed by atoms with Gasteiger partial charge in [0.25, 0.3) is 0 Å². The summed E-state index contributed by atoms with van der Waals surface area (Å²) >= 11 is 1.60. The van der Waals surface area contributed by atoms with Crippen molar-refractivity contribution in [1.29, 1.82) is 0 Å². The summed E-state index contributed by atoms with van der Waals surface area (Å²) in [6, 6.07) is 18.2. The zero-order chi connectivity index (χ0) is 23.5. The SMILES string of the molecule is Cc1nc(N(C)CC(=O)Nc2ccc(N3CCOCC3)cc2)c2c(-c3ccccc3)csc2n1. The zero-order valence-corrected chi connectivity index (χ0v) is 20.1. The Kier molecular flexibility index (Phi) is 6.42. The molecule has 1 aliphatic heterocycles. The van der Waals surface area contributed by atoms with Gasteiger partial charge in [0.2, 0.25) is 5.91 Å². The topological polar surface area (TPSA) is 70.6 Å². The van der Waals surface area contributed by atoms with E-state index in [2.05, 4.69) is 32.7 Å². The number of rotatable bonds is 6. The van der Waals surface area contributed by atoms with Crippen molar-refractivity contribution in [2.45, 2.75) is 6.92 Å². The van der Waals surface area contributed by atoms with Gasteiger partial charge in [-0.05, 0) is 36.8 Å². The van der Waals surface area contributed by atoms with Crippen molar-refractivity contribution in [3.8, 4) is 11.1 Å². The number of aryl methyl sites for hydroxylation is 1. The number of carbonyl (C=O) groups is 1. The number of hydrogen-bond donors (Lipinski definition) is 1. The molecule has 3 heterocycles. The Labute approximate surface area is 203 Å². The molecule has 7 nitrogen and oxygen atoms in total. The summed E-state index contributed by atoms with van der Waals surface area (Å²) in [6.07, 6.45) is 0. The van der Waals surface area contributed by atoms with Crippen molar-refractivity contribution in [3.05, 3.63) is 65.8 Å². The Bertz CT molecular complexity index is 1280. The standard InChI is InChI=1S/C26H27N5O2S/c1-18-27-25(24-22(17-34-26(24)28-18)19-6-4-3-5-7-19)30(2)16-23(32)29-20-8-10-21(11-9-20)31-12-14-33-15-13-31/h3-11,17H,12-16H2,1-2H3,(H,29,32). The molecule has 5 rings (SSSR count). The van der Waals surface area contributed by atoms with Gasteiger partial charge >= 0.3 is 0 Å². The largest absolute Gasteiger partial charge is 0.378 e. The molecule has 1 fully saturated rings. The van der Waals surface area contributed by atoms with E-state index in [1.54, 1.807) is 11.3 Å². The maximum absolute atomic E-state index is 12.9. The van der Waals surface area contributed by atoms with Gasteiger partial charge in [0.1, 0.15) is 16.5 Å². The minimum Gasteiger partial charge on any atom is -0.378 e. The molecule has 174 valence electrons. The molecule has 0 saturated carbocycles.